The van der Waals surface area contributed by atoms with Crippen LogP contribution in [0.25, 0.3) is 0 Å². The first-order chi connectivity index (χ1) is 10.5. The van der Waals surface area contributed by atoms with Crippen LogP contribution in [0, 0.1) is 6.92 Å². The fraction of sp³-hybridized carbons (Fsp3) is 0.125. The first kappa shape index (κ1) is 15.9. The standard InChI is InChI=1S/C16H15ClN2O3/c1-10-2-5-12(6-3-10)22-9-15(20)19-11-4-7-13(16(18)21)14(17)8-11/h2-8H,9H2,1H3,(H2,18,21)(H,19,20). The lowest BCUT2D eigenvalue weighted by Gasteiger charge is -2.09. The maximum absolute atomic E-state index is 11.8. The zero-order valence-electron chi connectivity index (χ0n) is 11.9. The van der Waals surface area contributed by atoms with Gasteiger partial charge >= 0.3 is 0 Å². The van der Waals surface area contributed by atoms with Crippen LogP contribution >= 0.6 is 11.6 Å². The highest BCUT2D eigenvalue weighted by Crippen LogP contribution is 2.20. The number of nitrogens with two attached hydrogens (primary N) is 1. The van der Waals surface area contributed by atoms with Crippen LogP contribution in [0.5, 0.6) is 5.75 Å². The zero-order chi connectivity index (χ0) is 16.1. The summed E-state index contributed by atoms with van der Waals surface area (Å²) in [5, 5.41) is 2.81. The Morgan fingerprint density at radius 2 is 1.86 bits per heavy atom. The molecule has 0 aliphatic carbocycles. The van der Waals surface area contributed by atoms with Crippen LogP contribution in [0.3, 0.4) is 0 Å². The molecule has 0 aromatic heterocycles. The van der Waals surface area contributed by atoms with Crippen molar-refractivity contribution in [3.8, 4) is 5.75 Å². The van der Waals surface area contributed by atoms with Crippen LogP contribution in [-0.2, 0) is 4.79 Å². The Bertz CT molecular complexity index is 699. The predicted octanol–water partition coefficient (Wildman–Crippen LogP) is 2.76. The van der Waals surface area contributed by atoms with Gasteiger partial charge in [0, 0.05) is 5.69 Å². The van der Waals surface area contributed by atoms with Gasteiger partial charge in [0.15, 0.2) is 6.61 Å². The van der Waals surface area contributed by atoms with Crippen LogP contribution in [0.1, 0.15) is 15.9 Å². The van der Waals surface area contributed by atoms with Gasteiger partial charge in [0.1, 0.15) is 5.75 Å². The molecule has 0 bridgehead atoms. The van der Waals surface area contributed by atoms with E-state index in [4.69, 9.17) is 22.1 Å². The highest BCUT2D eigenvalue weighted by Gasteiger charge is 2.09. The van der Waals surface area contributed by atoms with Crippen LogP contribution in [-0.4, -0.2) is 18.4 Å². The number of aryl methyl sites for hydroxylation is 1. The monoisotopic (exact) mass is 318 g/mol. The molecule has 114 valence electrons. The van der Waals surface area contributed by atoms with Crippen molar-refractivity contribution < 1.29 is 14.3 Å². The van der Waals surface area contributed by atoms with Crippen molar-refractivity contribution in [3.63, 3.8) is 0 Å². The lowest BCUT2D eigenvalue weighted by atomic mass is 10.2. The molecule has 0 unspecified atom stereocenters. The summed E-state index contributed by atoms with van der Waals surface area (Å²) in [6.45, 7) is 1.84. The highest BCUT2D eigenvalue weighted by atomic mass is 35.5. The summed E-state index contributed by atoms with van der Waals surface area (Å²) >= 11 is 5.91. The van der Waals surface area contributed by atoms with Gasteiger partial charge in [-0.05, 0) is 37.3 Å². The fourth-order valence-electron chi connectivity index (χ4n) is 1.77. The Hall–Kier alpha value is -2.53. The molecule has 0 fully saturated rings. The molecule has 0 spiro atoms. The number of hydrogen-bond acceptors (Lipinski definition) is 3. The minimum atomic E-state index is -0.620. The molecule has 0 atom stereocenters. The van der Waals surface area contributed by atoms with Crippen LogP contribution < -0.4 is 15.8 Å². The fourth-order valence-corrected chi connectivity index (χ4v) is 2.05. The lowest BCUT2D eigenvalue weighted by molar-refractivity contribution is -0.118. The van der Waals surface area contributed by atoms with Gasteiger partial charge in [0.25, 0.3) is 5.91 Å². The van der Waals surface area contributed by atoms with Gasteiger partial charge in [-0.3, -0.25) is 9.59 Å². The van der Waals surface area contributed by atoms with Gasteiger partial charge in [-0.2, -0.15) is 0 Å². The molecule has 0 saturated heterocycles. The van der Waals surface area contributed by atoms with Crippen LogP contribution in [0.2, 0.25) is 5.02 Å². The number of primary amides is 1. The average molecular weight is 319 g/mol. The van der Waals surface area contributed by atoms with E-state index in [0.29, 0.717) is 11.4 Å². The van der Waals surface area contributed by atoms with E-state index in [1.165, 1.54) is 12.1 Å². The van der Waals surface area contributed by atoms with Gasteiger partial charge in [0.2, 0.25) is 5.91 Å². The lowest BCUT2D eigenvalue weighted by Crippen LogP contribution is -2.20. The van der Waals surface area contributed by atoms with E-state index in [-0.39, 0.29) is 23.1 Å². The number of nitrogens with one attached hydrogen (secondary N) is 1. The van der Waals surface area contributed by atoms with E-state index in [9.17, 15) is 9.59 Å². The number of amides is 2. The number of anilines is 1. The Kier molecular flexibility index (Phi) is 5.01. The molecule has 0 radical (unpaired) electrons. The topological polar surface area (TPSA) is 81.4 Å². The normalized spacial score (nSPS) is 10.1. The Morgan fingerprint density at radius 3 is 2.45 bits per heavy atom. The van der Waals surface area contributed by atoms with Crippen molar-refractivity contribution in [2.45, 2.75) is 6.92 Å². The molecule has 0 saturated carbocycles. The van der Waals surface area contributed by atoms with Crippen LogP contribution in [0.15, 0.2) is 42.5 Å². The van der Waals surface area contributed by atoms with E-state index in [1.807, 2.05) is 19.1 Å². The maximum atomic E-state index is 11.8. The summed E-state index contributed by atoms with van der Waals surface area (Å²) in [5.74, 6) is -0.336. The largest absolute Gasteiger partial charge is 0.484 e. The number of hydrogen-bond donors (Lipinski definition) is 2. The summed E-state index contributed by atoms with van der Waals surface area (Å²) in [7, 11) is 0. The molecule has 2 aromatic rings. The van der Waals surface area contributed by atoms with Gasteiger partial charge in [-0.1, -0.05) is 29.3 Å². The van der Waals surface area contributed by atoms with Gasteiger partial charge in [-0.15, -0.1) is 0 Å². The molecule has 2 amide bonds. The second kappa shape index (κ2) is 6.95. The molecule has 5 nitrogen and oxygen atoms in total. The Balaban J connectivity index is 1.93. The number of benzene rings is 2. The quantitative estimate of drug-likeness (QED) is 0.889. The minimum absolute atomic E-state index is 0.127. The molecular weight excluding hydrogens is 304 g/mol. The summed E-state index contributed by atoms with van der Waals surface area (Å²) < 4.78 is 5.37. The van der Waals surface area contributed by atoms with Crippen molar-refractivity contribution in [1.82, 2.24) is 0 Å². The molecule has 3 N–H and O–H groups in total. The average Bonchev–Trinajstić information content (AvgIpc) is 2.46. The second-order valence-electron chi connectivity index (χ2n) is 4.71. The van der Waals surface area contributed by atoms with E-state index >= 15 is 0 Å². The Morgan fingerprint density at radius 1 is 1.18 bits per heavy atom. The number of rotatable bonds is 5. The molecule has 2 rings (SSSR count). The molecule has 6 heteroatoms. The molecule has 2 aromatic carbocycles. The summed E-state index contributed by atoms with van der Waals surface area (Å²) in [6, 6.07) is 11.9. The van der Waals surface area contributed by atoms with E-state index in [1.54, 1.807) is 18.2 Å². The third-order valence-corrected chi connectivity index (χ3v) is 3.22. The first-order valence-electron chi connectivity index (χ1n) is 6.54. The summed E-state index contributed by atoms with van der Waals surface area (Å²) in [4.78, 5) is 22.9. The molecule has 0 heterocycles. The zero-order valence-corrected chi connectivity index (χ0v) is 12.7. The smallest absolute Gasteiger partial charge is 0.262 e. The van der Waals surface area contributed by atoms with E-state index in [2.05, 4.69) is 5.32 Å². The van der Waals surface area contributed by atoms with Crippen molar-refractivity contribution in [3.05, 3.63) is 58.6 Å². The summed E-state index contributed by atoms with van der Waals surface area (Å²) in [6.07, 6.45) is 0. The second-order valence-corrected chi connectivity index (χ2v) is 5.12. The first-order valence-corrected chi connectivity index (χ1v) is 6.92. The van der Waals surface area contributed by atoms with E-state index < -0.39 is 5.91 Å². The third-order valence-electron chi connectivity index (χ3n) is 2.91. The SMILES string of the molecule is Cc1ccc(OCC(=O)Nc2ccc(C(N)=O)c(Cl)c2)cc1. The third kappa shape index (κ3) is 4.23. The summed E-state index contributed by atoms with van der Waals surface area (Å²) in [5.41, 5.74) is 6.94. The number of carbonyl (C=O) groups excluding carboxylic acids is 2. The molecule has 0 aliphatic rings. The number of halogens is 1. The van der Waals surface area contributed by atoms with Gasteiger partial charge in [-0.25, -0.2) is 0 Å². The van der Waals surface area contributed by atoms with Crippen LogP contribution in [0.4, 0.5) is 5.69 Å². The maximum Gasteiger partial charge on any atom is 0.262 e. The highest BCUT2D eigenvalue weighted by molar-refractivity contribution is 6.34. The van der Waals surface area contributed by atoms with Crippen molar-refractivity contribution in [1.29, 1.82) is 0 Å². The van der Waals surface area contributed by atoms with Crippen molar-refractivity contribution in [2.24, 2.45) is 5.73 Å². The minimum Gasteiger partial charge on any atom is -0.484 e. The van der Waals surface area contributed by atoms with Crippen molar-refractivity contribution in [2.75, 3.05) is 11.9 Å². The molecular formula is C16H15ClN2O3. The number of carbonyl (C=O) groups is 2. The van der Waals surface area contributed by atoms with Gasteiger partial charge in [0.05, 0.1) is 10.6 Å². The van der Waals surface area contributed by atoms with Gasteiger partial charge < -0.3 is 15.8 Å². The number of ether oxygens (including phenoxy) is 1. The van der Waals surface area contributed by atoms with E-state index in [0.717, 1.165) is 5.56 Å². The molecule has 0 aliphatic heterocycles. The van der Waals surface area contributed by atoms with Crippen molar-refractivity contribution >= 4 is 29.1 Å². The molecule has 22 heavy (non-hydrogen) atoms. The Labute approximate surface area is 133 Å². The predicted molar refractivity (Wildman–Crippen MR) is 85.3 cm³/mol.